The maximum atomic E-state index is 13.0. The number of carbonyl (C=O) groups is 2. The molecule has 1 fully saturated rings. The zero-order valence-corrected chi connectivity index (χ0v) is 11.8. The minimum Gasteiger partial charge on any atom is -0.355 e. The summed E-state index contributed by atoms with van der Waals surface area (Å²) in [4.78, 5) is 26.4. The van der Waals surface area contributed by atoms with Gasteiger partial charge >= 0.3 is 0 Å². The lowest BCUT2D eigenvalue weighted by Gasteiger charge is -2.33. The Kier molecular flexibility index (Phi) is 3.91. The molecular weight excluding hydrogens is 285 g/mol. The number of piperidine rings is 1. The minimum absolute atomic E-state index is 0.0368. The molecule has 0 aliphatic carbocycles. The van der Waals surface area contributed by atoms with E-state index in [0.29, 0.717) is 12.8 Å². The number of aromatic amines is 1. The lowest BCUT2D eigenvalue weighted by atomic mass is 9.92. The fourth-order valence-electron chi connectivity index (χ4n) is 2.68. The van der Waals surface area contributed by atoms with Crippen LogP contribution < -0.4 is 10.6 Å². The molecule has 114 valence electrons. The normalized spacial score (nSPS) is 21.2. The molecule has 5 nitrogen and oxygen atoms in total. The Balaban J connectivity index is 1.78. The van der Waals surface area contributed by atoms with Gasteiger partial charge in [0.05, 0.1) is 12.1 Å². The SMILES string of the molecule is O=C1CC[C@@H](NC(=O)c2cc(F)c[nH]2)[C@H](c2ccccc2)N1. The van der Waals surface area contributed by atoms with Crippen molar-refractivity contribution in [2.45, 2.75) is 24.9 Å². The van der Waals surface area contributed by atoms with E-state index in [1.54, 1.807) is 0 Å². The minimum atomic E-state index is -0.485. The summed E-state index contributed by atoms with van der Waals surface area (Å²) in [5.41, 5.74) is 1.10. The molecule has 1 aromatic carbocycles. The molecule has 0 spiro atoms. The van der Waals surface area contributed by atoms with Gasteiger partial charge in [-0.2, -0.15) is 0 Å². The Bertz CT molecular complexity index is 684. The molecule has 0 radical (unpaired) electrons. The van der Waals surface area contributed by atoms with Crippen molar-refractivity contribution in [3.05, 3.63) is 59.7 Å². The van der Waals surface area contributed by atoms with E-state index >= 15 is 0 Å². The molecular formula is C16H16FN3O2. The Morgan fingerprint density at radius 3 is 2.73 bits per heavy atom. The first kappa shape index (κ1) is 14.3. The van der Waals surface area contributed by atoms with Gasteiger partial charge in [0.1, 0.15) is 11.5 Å². The van der Waals surface area contributed by atoms with Crippen molar-refractivity contribution in [3.63, 3.8) is 0 Å². The standard InChI is InChI=1S/C16H16FN3O2/c17-11-8-13(18-9-11)16(22)19-12-6-7-14(21)20-15(12)10-4-2-1-3-5-10/h1-5,8-9,12,15,18H,6-7H2,(H,19,22)(H,20,21)/t12-,15+/m1/s1. The number of hydrogen-bond donors (Lipinski definition) is 3. The summed E-state index contributed by atoms with van der Waals surface area (Å²) in [6.07, 6.45) is 2.03. The van der Waals surface area contributed by atoms with Crippen molar-refractivity contribution < 1.29 is 14.0 Å². The molecule has 2 amide bonds. The van der Waals surface area contributed by atoms with Crippen LogP contribution in [0.3, 0.4) is 0 Å². The fourth-order valence-corrected chi connectivity index (χ4v) is 2.68. The molecule has 0 saturated carbocycles. The van der Waals surface area contributed by atoms with E-state index in [1.807, 2.05) is 30.3 Å². The number of hydrogen-bond acceptors (Lipinski definition) is 2. The van der Waals surface area contributed by atoms with Crippen molar-refractivity contribution in [1.82, 2.24) is 15.6 Å². The molecule has 0 unspecified atom stereocenters. The molecule has 3 N–H and O–H groups in total. The van der Waals surface area contributed by atoms with Crippen LogP contribution in [0.25, 0.3) is 0 Å². The van der Waals surface area contributed by atoms with E-state index < -0.39 is 5.82 Å². The number of benzene rings is 1. The highest BCUT2D eigenvalue weighted by molar-refractivity contribution is 5.92. The Labute approximate surface area is 126 Å². The molecule has 0 bridgehead atoms. The van der Waals surface area contributed by atoms with Gasteiger partial charge in [-0.25, -0.2) is 4.39 Å². The van der Waals surface area contributed by atoms with E-state index in [2.05, 4.69) is 15.6 Å². The second-order valence-electron chi connectivity index (χ2n) is 5.31. The number of aromatic nitrogens is 1. The van der Waals surface area contributed by atoms with E-state index in [0.717, 1.165) is 17.8 Å². The van der Waals surface area contributed by atoms with E-state index in [4.69, 9.17) is 0 Å². The highest BCUT2D eigenvalue weighted by Crippen LogP contribution is 2.24. The van der Waals surface area contributed by atoms with Crippen LogP contribution in [0, 0.1) is 5.82 Å². The van der Waals surface area contributed by atoms with Gasteiger partial charge in [0.15, 0.2) is 0 Å². The van der Waals surface area contributed by atoms with Crippen molar-refractivity contribution >= 4 is 11.8 Å². The first-order valence-corrected chi connectivity index (χ1v) is 7.12. The zero-order valence-electron chi connectivity index (χ0n) is 11.8. The summed E-state index contributed by atoms with van der Waals surface area (Å²) < 4.78 is 13.0. The first-order chi connectivity index (χ1) is 10.6. The lowest BCUT2D eigenvalue weighted by molar-refractivity contribution is -0.123. The summed E-state index contributed by atoms with van der Waals surface area (Å²) in [6, 6.07) is 10.1. The maximum absolute atomic E-state index is 13.0. The monoisotopic (exact) mass is 301 g/mol. The Morgan fingerprint density at radius 2 is 2.05 bits per heavy atom. The Hall–Kier alpha value is -2.63. The summed E-state index contributed by atoms with van der Waals surface area (Å²) >= 11 is 0. The largest absolute Gasteiger partial charge is 0.355 e. The number of nitrogens with one attached hydrogen (secondary N) is 3. The molecule has 2 atom stereocenters. The van der Waals surface area contributed by atoms with Crippen molar-refractivity contribution in [3.8, 4) is 0 Å². The molecule has 6 heteroatoms. The van der Waals surface area contributed by atoms with Crippen LogP contribution in [0.2, 0.25) is 0 Å². The van der Waals surface area contributed by atoms with Gasteiger partial charge in [0, 0.05) is 18.7 Å². The van der Waals surface area contributed by atoms with Gasteiger partial charge in [-0.05, 0) is 12.0 Å². The summed E-state index contributed by atoms with van der Waals surface area (Å²) in [7, 11) is 0. The summed E-state index contributed by atoms with van der Waals surface area (Å²) in [5.74, 6) is -0.905. The van der Waals surface area contributed by atoms with Crippen LogP contribution >= 0.6 is 0 Å². The Morgan fingerprint density at radius 1 is 1.27 bits per heavy atom. The van der Waals surface area contributed by atoms with Crippen LogP contribution in [-0.2, 0) is 4.79 Å². The van der Waals surface area contributed by atoms with Crippen molar-refractivity contribution in [2.24, 2.45) is 0 Å². The second-order valence-corrected chi connectivity index (χ2v) is 5.31. The maximum Gasteiger partial charge on any atom is 0.268 e. The van der Waals surface area contributed by atoms with Crippen LogP contribution in [0.1, 0.15) is 34.9 Å². The van der Waals surface area contributed by atoms with Gasteiger partial charge in [-0.3, -0.25) is 9.59 Å². The predicted molar refractivity (Wildman–Crippen MR) is 78.6 cm³/mol. The quantitative estimate of drug-likeness (QED) is 0.810. The highest BCUT2D eigenvalue weighted by atomic mass is 19.1. The van der Waals surface area contributed by atoms with Crippen LogP contribution in [0.15, 0.2) is 42.6 Å². The molecule has 1 saturated heterocycles. The molecule has 1 aliphatic heterocycles. The van der Waals surface area contributed by atoms with Crippen LogP contribution in [-0.4, -0.2) is 22.8 Å². The smallest absolute Gasteiger partial charge is 0.268 e. The topological polar surface area (TPSA) is 74.0 Å². The first-order valence-electron chi connectivity index (χ1n) is 7.12. The predicted octanol–water partition coefficient (Wildman–Crippen LogP) is 1.90. The van der Waals surface area contributed by atoms with Gasteiger partial charge < -0.3 is 15.6 Å². The third-order valence-electron chi connectivity index (χ3n) is 3.77. The van der Waals surface area contributed by atoms with Crippen molar-refractivity contribution in [1.29, 1.82) is 0 Å². The van der Waals surface area contributed by atoms with Gasteiger partial charge in [0.25, 0.3) is 5.91 Å². The number of carbonyl (C=O) groups excluding carboxylic acids is 2. The number of H-pyrrole nitrogens is 1. The second kappa shape index (κ2) is 6.01. The van der Waals surface area contributed by atoms with Gasteiger partial charge in [0.2, 0.25) is 5.91 Å². The number of amides is 2. The van der Waals surface area contributed by atoms with Crippen LogP contribution in [0.4, 0.5) is 4.39 Å². The summed E-state index contributed by atoms with van der Waals surface area (Å²) in [6.45, 7) is 0. The average molecular weight is 301 g/mol. The van der Waals surface area contributed by atoms with E-state index in [-0.39, 0.29) is 29.6 Å². The fraction of sp³-hybridized carbons (Fsp3) is 0.250. The van der Waals surface area contributed by atoms with E-state index in [1.165, 1.54) is 0 Å². The zero-order chi connectivity index (χ0) is 15.5. The molecule has 22 heavy (non-hydrogen) atoms. The van der Waals surface area contributed by atoms with Gasteiger partial charge in [-0.1, -0.05) is 30.3 Å². The van der Waals surface area contributed by atoms with Crippen LogP contribution in [0.5, 0.6) is 0 Å². The van der Waals surface area contributed by atoms with E-state index in [9.17, 15) is 14.0 Å². The van der Waals surface area contributed by atoms with Crippen molar-refractivity contribution in [2.75, 3.05) is 0 Å². The molecule has 3 rings (SSSR count). The molecule has 2 heterocycles. The number of rotatable bonds is 3. The molecule has 2 aromatic rings. The molecule has 1 aliphatic rings. The third kappa shape index (κ3) is 3.00. The third-order valence-corrected chi connectivity index (χ3v) is 3.77. The lowest BCUT2D eigenvalue weighted by Crippen LogP contribution is -2.50. The molecule has 1 aromatic heterocycles. The highest BCUT2D eigenvalue weighted by Gasteiger charge is 2.31. The van der Waals surface area contributed by atoms with Gasteiger partial charge in [-0.15, -0.1) is 0 Å². The average Bonchev–Trinajstić information content (AvgIpc) is 2.96. The number of halogens is 1. The summed E-state index contributed by atoms with van der Waals surface area (Å²) in [5, 5.41) is 5.77.